The molecule has 0 aliphatic rings. The molecule has 0 aliphatic carbocycles. The number of aromatic nitrogens is 4. The van der Waals surface area contributed by atoms with Crippen LogP contribution in [0, 0.1) is 5.41 Å². The summed E-state index contributed by atoms with van der Waals surface area (Å²) in [4.78, 5) is 13.2. The number of Topliss-reactive ketones (excluding diaryl/α,β-unsaturated/α-hetero) is 1. The molecule has 178 valence electrons. The zero-order valence-corrected chi connectivity index (χ0v) is 20.2. The predicted octanol–water partition coefficient (Wildman–Crippen LogP) is 3.08. The third kappa shape index (κ3) is 5.42. The van der Waals surface area contributed by atoms with Crippen molar-refractivity contribution >= 4 is 11.4 Å². The van der Waals surface area contributed by atoms with E-state index < -0.39 is 0 Å². The van der Waals surface area contributed by atoms with Crippen LogP contribution in [-0.2, 0) is 12.0 Å². The largest absolute Gasteiger partial charge is 0.491 e. The molecule has 0 aliphatic heterocycles. The van der Waals surface area contributed by atoms with Crippen LogP contribution in [0.1, 0.15) is 68.9 Å². The van der Waals surface area contributed by atoms with Crippen LogP contribution >= 0.6 is 0 Å². The van der Waals surface area contributed by atoms with Gasteiger partial charge in [0.25, 0.3) is 0 Å². The van der Waals surface area contributed by atoms with E-state index in [1.165, 1.54) is 9.20 Å². The molecule has 0 bridgehead atoms. The number of ketones is 1. The molecule has 9 heteroatoms. The highest BCUT2D eigenvalue weighted by molar-refractivity contribution is 5.96. The molecule has 2 N–H and O–H groups in total. The van der Waals surface area contributed by atoms with Gasteiger partial charge in [-0.15, -0.1) is 10.2 Å². The van der Waals surface area contributed by atoms with Crippen LogP contribution < -0.4 is 15.1 Å². The topological polar surface area (TPSA) is 115 Å². The number of nitrogens with zero attached hydrogens (tertiary/aromatic N) is 4. The van der Waals surface area contributed by atoms with Gasteiger partial charge in [0.15, 0.2) is 11.4 Å². The maximum atomic E-state index is 13.2. The summed E-state index contributed by atoms with van der Waals surface area (Å²) in [6.07, 6.45) is 0. The molecular formula is C24H33N5O4. The first kappa shape index (κ1) is 24.4. The SMILES string of the molecule is CCOc1cc(C(C)C)c2nn(CC(=O)c3cc(OCCO)cc(C(C)(C)C)c3)c(=N)n2n1. The molecule has 33 heavy (non-hydrogen) atoms. The number of ether oxygens (including phenoxy) is 2. The van der Waals surface area contributed by atoms with Crippen LogP contribution in [0.15, 0.2) is 24.3 Å². The van der Waals surface area contributed by atoms with Crippen LogP contribution in [0.4, 0.5) is 0 Å². The van der Waals surface area contributed by atoms with Gasteiger partial charge in [-0.1, -0.05) is 34.6 Å². The summed E-state index contributed by atoms with van der Waals surface area (Å²) in [5, 5.41) is 26.6. The van der Waals surface area contributed by atoms with E-state index in [4.69, 9.17) is 20.0 Å². The van der Waals surface area contributed by atoms with Crippen molar-refractivity contribution < 1.29 is 19.4 Å². The standard InChI is InChI=1S/C24H33N5O4/c1-7-32-21-13-19(15(2)3)22-27-28(23(25)29(22)26-21)14-20(31)16-10-17(24(4,5)6)12-18(11-16)33-9-8-30/h10-13,15,25,30H,7-9,14H2,1-6H3. The van der Waals surface area contributed by atoms with E-state index in [0.717, 1.165) is 11.1 Å². The quantitative estimate of drug-likeness (QED) is 0.479. The second-order valence-corrected chi connectivity index (χ2v) is 9.23. The Bertz CT molecular complexity index is 1200. The Kier molecular flexibility index (Phi) is 7.22. The smallest absolute Gasteiger partial charge is 0.242 e. The lowest BCUT2D eigenvalue weighted by molar-refractivity contribution is 0.0965. The average molecular weight is 456 g/mol. The number of carbonyl (C=O) groups excluding carboxylic acids is 1. The van der Waals surface area contributed by atoms with Crippen molar-refractivity contribution in [2.75, 3.05) is 19.8 Å². The second-order valence-electron chi connectivity index (χ2n) is 9.23. The van der Waals surface area contributed by atoms with Crippen molar-refractivity contribution in [3.63, 3.8) is 0 Å². The molecule has 3 rings (SSSR count). The number of aliphatic hydroxyl groups is 1. The number of fused-ring (bicyclic) bond motifs is 1. The maximum Gasteiger partial charge on any atom is 0.242 e. The summed E-state index contributed by atoms with van der Waals surface area (Å²) in [5.74, 6) is 0.876. The molecule has 0 unspecified atom stereocenters. The van der Waals surface area contributed by atoms with Gasteiger partial charge in [-0.05, 0) is 42.0 Å². The van der Waals surface area contributed by atoms with Crippen molar-refractivity contribution in [1.82, 2.24) is 19.4 Å². The summed E-state index contributed by atoms with van der Waals surface area (Å²) in [7, 11) is 0. The van der Waals surface area contributed by atoms with Crippen molar-refractivity contribution in [3.05, 3.63) is 46.6 Å². The van der Waals surface area contributed by atoms with Gasteiger partial charge < -0.3 is 14.6 Å². The lowest BCUT2D eigenvalue weighted by Gasteiger charge is -2.21. The Morgan fingerprint density at radius 1 is 1.15 bits per heavy atom. The number of aliphatic hydroxyl groups excluding tert-OH is 1. The third-order valence-corrected chi connectivity index (χ3v) is 5.26. The summed E-state index contributed by atoms with van der Waals surface area (Å²) in [6.45, 7) is 12.5. The van der Waals surface area contributed by atoms with E-state index >= 15 is 0 Å². The summed E-state index contributed by atoms with van der Waals surface area (Å²) < 4.78 is 13.9. The van der Waals surface area contributed by atoms with E-state index in [0.29, 0.717) is 29.4 Å². The lowest BCUT2D eigenvalue weighted by atomic mass is 9.85. The molecule has 0 saturated heterocycles. The van der Waals surface area contributed by atoms with Crippen molar-refractivity contribution in [1.29, 1.82) is 5.41 Å². The fourth-order valence-electron chi connectivity index (χ4n) is 3.43. The third-order valence-electron chi connectivity index (χ3n) is 5.26. The molecule has 2 aromatic heterocycles. The van der Waals surface area contributed by atoms with Crippen LogP contribution in [0.3, 0.4) is 0 Å². The van der Waals surface area contributed by atoms with Crippen LogP contribution in [0.5, 0.6) is 11.6 Å². The molecule has 0 fully saturated rings. The Morgan fingerprint density at radius 3 is 2.48 bits per heavy atom. The van der Waals surface area contributed by atoms with Crippen molar-refractivity contribution in [2.45, 2.75) is 59.4 Å². The highest BCUT2D eigenvalue weighted by Crippen LogP contribution is 2.28. The van der Waals surface area contributed by atoms with Crippen molar-refractivity contribution in [3.8, 4) is 11.6 Å². The minimum atomic E-state index is -0.201. The Hall–Kier alpha value is -3.20. The fraction of sp³-hybridized carbons (Fsp3) is 0.500. The predicted molar refractivity (Wildman–Crippen MR) is 124 cm³/mol. The van der Waals surface area contributed by atoms with Gasteiger partial charge in [0.2, 0.25) is 11.5 Å². The molecule has 0 radical (unpaired) electrons. The molecule has 0 amide bonds. The number of carbonyl (C=O) groups is 1. The highest BCUT2D eigenvalue weighted by atomic mass is 16.5. The molecular weight excluding hydrogens is 422 g/mol. The second kappa shape index (κ2) is 9.74. The highest BCUT2D eigenvalue weighted by Gasteiger charge is 2.20. The van der Waals surface area contributed by atoms with Gasteiger partial charge >= 0.3 is 0 Å². The number of rotatable bonds is 9. The molecule has 3 aromatic rings. The molecule has 0 atom stereocenters. The van der Waals surface area contributed by atoms with Crippen LogP contribution in [0.25, 0.3) is 5.65 Å². The van der Waals surface area contributed by atoms with Gasteiger partial charge in [0, 0.05) is 17.2 Å². The first-order chi connectivity index (χ1) is 15.5. The van der Waals surface area contributed by atoms with Crippen LogP contribution in [0.2, 0.25) is 0 Å². The summed E-state index contributed by atoms with van der Waals surface area (Å²) in [5.41, 5.74) is 2.62. The average Bonchev–Trinajstić information content (AvgIpc) is 3.06. The Labute approximate surface area is 193 Å². The first-order valence-corrected chi connectivity index (χ1v) is 11.2. The fourth-order valence-corrected chi connectivity index (χ4v) is 3.43. The molecule has 0 spiro atoms. The number of hydrogen-bond acceptors (Lipinski definition) is 7. The van der Waals surface area contributed by atoms with E-state index in [2.05, 4.69) is 31.0 Å². The minimum Gasteiger partial charge on any atom is -0.491 e. The van der Waals surface area contributed by atoms with Gasteiger partial charge in [-0.25, -0.2) is 4.68 Å². The maximum absolute atomic E-state index is 13.2. The number of hydrogen-bond donors (Lipinski definition) is 2. The normalized spacial score (nSPS) is 11.9. The molecule has 2 heterocycles. The Morgan fingerprint density at radius 2 is 1.88 bits per heavy atom. The molecule has 0 saturated carbocycles. The zero-order chi connectivity index (χ0) is 24.3. The van der Waals surface area contributed by atoms with Crippen molar-refractivity contribution in [2.24, 2.45) is 0 Å². The lowest BCUT2D eigenvalue weighted by Crippen LogP contribution is -2.26. The first-order valence-electron chi connectivity index (χ1n) is 11.2. The van der Waals surface area contributed by atoms with Gasteiger partial charge in [-0.3, -0.25) is 10.2 Å². The van der Waals surface area contributed by atoms with Crippen LogP contribution in [-0.4, -0.2) is 50.1 Å². The van der Waals surface area contributed by atoms with Gasteiger partial charge in [0.05, 0.1) is 13.2 Å². The molecule has 9 nitrogen and oxygen atoms in total. The summed E-state index contributed by atoms with van der Waals surface area (Å²) >= 11 is 0. The summed E-state index contributed by atoms with van der Waals surface area (Å²) in [6, 6.07) is 7.23. The number of nitrogens with one attached hydrogen (secondary N) is 1. The van der Waals surface area contributed by atoms with Gasteiger partial charge in [0.1, 0.15) is 18.9 Å². The van der Waals surface area contributed by atoms with E-state index in [-0.39, 0.29) is 42.5 Å². The number of benzene rings is 1. The molecule has 1 aromatic carbocycles. The minimum absolute atomic E-state index is 0.00877. The monoisotopic (exact) mass is 455 g/mol. The van der Waals surface area contributed by atoms with E-state index in [9.17, 15) is 4.79 Å². The van der Waals surface area contributed by atoms with Gasteiger partial charge in [-0.2, -0.15) is 4.52 Å². The van der Waals surface area contributed by atoms with E-state index in [1.54, 1.807) is 6.07 Å². The zero-order valence-electron chi connectivity index (χ0n) is 20.2. The Balaban J connectivity index is 2.02. The van der Waals surface area contributed by atoms with E-state index in [1.807, 2.05) is 39.0 Å².